The van der Waals surface area contributed by atoms with E-state index in [-0.39, 0.29) is 179 Å². The van der Waals surface area contributed by atoms with Crippen molar-refractivity contribution in [1.82, 2.24) is 67.5 Å². The number of fused-ring (bicyclic) bond motifs is 13. The van der Waals surface area contributed by atoms with Crippen molar-refractivity contribution in [3.8, 4) is 28.7 Å². The monoisotopic (exact) mass is 1900 g/mol. The summed E-state index contributed by atoms with van der Waals surface area (Å²) in [4.78, 5) is 121. The molecule has 8 bridgehead atoms. The normalized spacial score (nSPS) is 26.1. The van der Waals surface area contributed by atoms with E-state index in [2.05, 4.69) is 93.0 Å². The number of benzene rings is 6. The Morgan fingerprint density at radius 2 is 0.712 bits per heavy atom. The smallest absolute Gasteiger partial charge is 0.484 e. The number of H-pyrrole nitrogens is 1. The van der Waals surface area contributed by atoms with Gasteiger partial charge in [-0.05, 0) is 249 Å². The lowest BCUT2D eigenvalue weighted by Gasteiger charge is -2.57. The predicted molar refractivity (Wildman–Crippen MR) is 476 cm³/mol. The maximum atomic E-state index is 13.6. The predicted octanol–water partition coefficient (Wildman–Crippen LogP) is 16.9. The Morgan fingerprint density at radius 1 is 0.386 bits per heavy atom. The van der Waals surface area contributed by atoms with E-state index in [0.717, 1.165) is 132 Å². The summed E-state index contributed by atoms with van der Waals surface area (Å²) >= 11 is 22.7. The zero-order chi connectivity index (χ0) is 94.2. The molecule has 0 saturated heterocycles. The molecule has 132 heavy (non-hydrogen) atoms. The number of nitrogens with one attached hydrogen (secondary N) is 9. The van der Waals surface area contributed by atoms with Crippen LogP contribution in [-0.4, -0.2) is 149 Å². The molecule has 3 aromatic heterocycles. The number of hydrogen-bond acceptors (Lipinski definition) is 17. The number of para-hydroxylation sites is 2. The number of carbonyl (C=O) groups is 8. The van der Waals surface area contributed by atoms with E-state index in [4.69, 9.17) is 65.4 Å². The molecule has 700 valence electrons. The molecule has 8 amide bonds. The van der Waals surface area contributed by atoms with Crippen LogP contribution < -0.4 is 66.2 Å². The SMILES string of the molecule is CC1CC2(NC(=O)COc3ccc(Cl)c(F)c3)CCC1(NC(=O)c1cc[nH]c1)CC2.CC1CC2(NC(=O)COc3ccc(Cl)c(F)c3)CCC1(NC(=O)c1ccc(OC(F)(F)F)cc1)CC2.CC1CC2(NC(=O)COc3ccc(Cl)c(F)c3)CCC1(NC(=O)c1ccncn1)CC2.CC1CC2(NC(=O)COc3ccc(Cl)c(F)c3)CCC1(NC(=O)c1cnc3ccccc3n1)CC2. The van der Waals surface area contributed by atoms with Gasteiger partial charge in [0.1, 0.15) is 69.7 Å². The van der Waals surface area contributed by atoms with Crippen molar-refractivity contribution in [2.75, 3.05) is 26.4 Å². The van der Waals surface area contributed by atoms with Gasteiger partial charge in [0.15, 0.2) is 26.4 Å². The second-order valence-electron chi connectivity index (χ2n) is 36.1. The minimum atomic E-state index is -4.80. The third-order valence-corrected chi connectivity index (χ3v) is 29.0. The summed E-state index contributed by atoms with van der Waals surface area (Å²) in [6, 6.07) is 31.8. The highest BCUT2D eigenvalue weighted by molar-refractivity contribution is 6.31. The molecule has 6 aromatic carbocycles. The van der Waals surface area contributed by atoms with Gasteiger partial charge >= 0.3 is 6.36 Å². The maximum absolute atomic E-state index is 13.6. The van der Waals surface area contributed by atoms with Crippen LogP contribution in [0.15, 0.2) is 165 Å². The fourth-order valence-electron chi connectivity index (χ4n) is 20.4. The number of carbonyl (C=O) groups excluding carboxylic acids is 8. The molecule has 4 atom stereocenters. The number of alkyl halides is 3. The first-order chi connectivity index (χ1) is 62.8. The molecule has 0 aliphatic heterocycles. The Morgan fingerprint density at radius 3 is 1.02 bits per heavy atom. The van der Waals surface area contributed by atoms with E-state index in [1.165, 1.54) is 79.3 Å². The molecule has 9 aromatic rings. The lowest BCUT2D eigenvalue weighted by atomic mass is 9.56. The van der Waals surface area contributed by atoms with Crippen LogP contribution in [0, 0.1) is 46.9 Å². The first kappa shape index (κ1) is 96.5. The number of hydrogen-bond donors (Lipinski definition) is 9. The molecular weight excluding hydrogens is 1810 g/mol. The molecule has 21 rings (SSSR count). The molecule has 12 aliphatic carbocycles. The number of aromatic amines is 1. The second kappa shape index (κ2) is 40.1. The van der Waals surface area contributed by atoms with Crippen LogP contribution >= 0.6 is 46.4 Å². The Balaban J connectivity index is 0.000000142. The van der Waals surface area contributed by atoms with E-state index in [9.17, 15) is 69.1 Å². The summed E-state index contributed by atoms with van der Waals surface area (Å²) in [5.41, 5.74) is 0.243. The van der Waals surface area contributed by atoms with E-state index in [1.54, 1.807) is 30.7 Å². The molecule has 26 nitrogen and oxygen atoms in total. The van der Waals surface area contributed by atoms with Crippen LogP contribution in [0.25, 0.3) is 11.0 Å². The molecular formula is C95H100Cl4F7N13O13. The van der Waals surface area contributed by atoms with Gasteiger partial charge < -0.3 is 71.2 Å². The van der Waals surface area contributed by atoms with E-state index < -0.39 is 46.5 Å². The minimum Gasteiger partial charge on any atom is -0.484 e. The largest absolute Gasteiger partial charge is 0.573 e. The molecule has 0 spiro atoms. The van der Waals surface area contributed by atoms with Crippen LogP contribution in [0.1, 0.15) is 198 Å². The Kier molecular flexibility index (Phi) is 29.3. The van der Waals surface area contributed by atoms with Crippen molar-refractivity contribution < 1.29 is 92.8 Å². The first-order valence-electron chi connectivity index (χ1n) is 43.6. The van der Waals surface area contributed by atoms with Crippen molar-refractivity contribution in [1.29, 1.82) is 0 Å². The zero-order valence-corrected chi connectivity index (χ0v) is 75.6. The molecule has 12 aliphatic rings. The van der Waals surface area contributed by atoms with Crippen LogP contribution in [0.4, 0.5) is 30.7 Å². The topological polar surface area (TPSA) is 346 Å². The van der Waals surface area contributed by atoms with Crippen molar-refractivity contribution in [3.05, 3.63) is 230 Å². The fourth-order valence-corrected chi connectivity index (χ4v) is 20.9. The maximum Gasteiger partial charge on any atom is 0.573 e. The standard InChI is InChI=1S/C26H26ClFN4O3.C25H25ClF4N2O4.C22H24ClFN4O3.C22H25ClFN3O3/c1-16-13-25(31-23(33)15-35-17-6-7-18(27)19(28)12-17)8-10-26(16,11-9-25)32-24(34)22-14-29-20-4-2-3-5-21(20)30-22;1-15-13-23(31-21(33)14-35-18-6-7-19(26)20(27)12-18)8-10-24(15,11-9-23)32-22(34)16-2-4-17(5-3-16)36-25(28,29)30;1-14-11-21(27-19(29)12-31-15-2-3-16(23)17(24)10-15)5-7-22(14,8-6-21)28-20(30)18-4-9-25-13-26-18;1-14-11-21(26-19(28)13-30-16-2-3-17(23)18(24)10-16)5-7-22(14,8-6-21)27-20(29)15-4-9-25-12-15/h2-7,12,14,16H,8-11,13,15H2,1H3,(H,31,33)(H,32,34);2-7,12,15H,8-11,13-14H2,1H3,(H,31,33)(H,32,34);2-4,9-10,13-14H,5-8,11-12H2,1H3,(H,27,29)(H,28,30);2-4,9-10,12,14,25H,5-8,11,13H2,1H3,(H,26,28)(H,27,29). The number of aromatic nitrogens is 5. The Labute approximate surface area is 776 Å². The van der Waals surface area contributed by atoms with Crippen molar-refractivity contribution >= 4 is 105 Å². The lowest BCUT2D eigenvalue weighted by Crippen LogP contribution is -2.67. The fraction of sp³-hybridized carbons (Fsp3) is 0.432. The highest BCUT2D eigenvalue weighted by Gasteiger charge is 2.58. The zero-order valence-electron chi connectivity index (χ0n) is 72.6. The molecule has 9 N–H and O–H groups in total. The molecule has 3 heterocycles. The van der Waals surface area contributed by atoms with Gasteiger partial charge in [0.05, 0.1) is 42.9 Å². The van der Waals surface area contributed by atoms with Crippen molar-refractivity contribution in [3.63, 3.8) is 0 Å². The number of ether oxygens (including phenoxy) is 5. The summed E-state index contributed by atoms with van der Waals surface area (Å²) in [5, 5.41) is 25.3. The van der Waals surface area contributed by atoms with Gasteiger partial charge in [0.25, 0.3) is 47.3 Å². The van der Waals surface area contributed by atoms with Crippen molar-refractivity contribution in [2.45, 2.75) is 207 Å². The summed E-state index contributed by atoms with van der Waals surface area (Å²) in [6.45, 7) is 7.48. The minimum absolute atomic E-state index is 0.00215. The van der Waals surface area contributed by atoms with Gasteiger partial charge in [-0.3, -0.25) is 43.3 Å². The molecule has 12 fully saturated rings. The summed E-state index contributed by atoms with van der Waals surface area (Å²) < 4.78 is 117. The average molecular weight is 1910 g/mol. The Hall–Kier alpha value is -11.6. The Bertz CT molecular complexity index is 5720. The highest BCUT2D eigenvalue weighted by Crippen LogP contribution is 2.54. The van der Waals surface area contributed by atoms with Crippen molar-refractivity contribution in [2.24, 2.45) is 23.7 Å². The first-order valence-corrected chi connectivity index (χ1v) is 45.1. The second-order valence-corrected chi connectivity index (χ2v) is 37.8. The molecule has 0 radical (unpaired) electrons. The quantitative estimate of drug-likeness (QED) is 0.0240. The third kappa shape index (κ3) is 23.0. The third-order valence-electron chi connectivity index (χ3n) is 27.8. The van der Waals surface area contributed by atoms with Crippen LogP contribution in [0.5, 0.6) is 28.7 Å². The van der Waals surface area contributed by atoms with Crippen LogP contribution in [0.3, 0.4) is 0 Å². The molecule has 4 unspecified atom stereocenters. The summed E-state index contributed by atoms with van der Waals surface area (Å²) in [6.07, 6.45) is 17.9. The van der Waals surface area contributed by atoms with E-state index >= 15 is 0 Å². The number of amides is 8. The summed E-state index contributed by atoms with van der Waals surface area (Å²) in [5.74, 6) is -3.13. The van der Waals surface area contributed by atoms with Gasteiger partial charge in [-0.1, -0.05) is 86.2 Å². The molecule has 37 heteroatoms. The van der Waals surface area contributed by atoms with Crippen LogP contribution in [0.2, 0.25) is 20.1 Å². The lowest BCUT2D eigenvalue weighted by molar-refractivity contribution is -0.274. The van der Waals surface area contributed by atoms with Gasteiger partial charge in [0.2, 0.25) is 0 Å². The summed E-state index contributed by atoms with van der Waals surface area (Å²) in [7, 11) is 0. The van der Waals surface area contributed by atoms with Gasteiger partial charge in [-0.25, -0.2) is 32.5 Å². The van der Waals surface area contributed by atoms with Crippen LogP contribution in [-0.2, 0) is 19.2 Å². The van der Waals surface area contributed by atoms with Gasteiger partial charge in [0, 0.05) is 92.7 Å². The molecule has 12 saturated carbocycles. The van der Waals surface area contributed by atoms with E-state index in [0.29, 0.717) is 54.6 Å². The van der Waals surface area contributed by atoms with Gasteiger partial charge in [-0.2, -0.15) is 0 Å². The number of halogens is 11. The van der Waals surface area contributed by atoms with Gasteiger partial charge in [-0.15, -0.1) is 13.2 Å². The number of nitrogens with zero attached hydrogens (tertiary/aromatic N) is 4. The average Bonchev–Trinajstić information content (AvgIpc) is 0.850. The highest BCUT2D eigenvalue weighted by atomic mass is 35.5. The number of rotatable bonds is 25. The van der Waals surface area contributed by atoms with E-state index in [1.807, 2.05) is 31.2 Å².